The maximum Gasteiger partial charge on any atom is 0.255 e. The molecule has 0 spiro atoms. The maximum absolute atomic E-state index is 12.3. The van der Waals surface area contributed by atoms with E-state index in [9.17, 15) is 9.59 Å². The molecule has 0 aliphatic rings. The van der Waals surface area contributed by atoms with E-state index in [1.54, 1.807) is 23.2 Å². The van der Waals surface area contributed by atoms with E-state index in [0.717, 1.165) is 26.8 Å². The first kappa shape index (κ1) is 18.1. The first-order valence-corrected chi connectivity index (χ1v) is 9.83. The third kappa shape index (κ3) is 3.87. The Bertz CT molecular complexity index is 1170. The van der Waals surface area contributed by atoms with E-state index in [1.165, 1.54) is 17.4 Å². The van der Waals surface area contributed by atoms with Crippen molar-refractivity contribution in [1.82, 2.24) is 14.1 Å². The van der Waals surface area contributed by atoms with Crippen LogP contribution in [-0.2, 0) is 6.42 Å². The second-order valence-corrected chi connectivity index (χ2v) is 7.82. The molecule has 140 valence electrons. The summed E-state index contributed by atoms with van der Waals surface area (Å²) in [7, 11) is 0. The van der Waals surface area contributed by atoms with Crippen LogP contribution in [0.15, 0.2) is 78.1 Å². The number of nitrogens with zero attached hydrogens (tertiary/aromatic N) is 3. The van der Waals surface area contributed by atoms with Gasteiger partial charge < -0.3 is 4.57 Å². The number of hydrogen-bond donors (Lipinski definition) is 0. The predicted octanol–water partition coefficient (Wildman–Crippen LogP) is 4.21. The van der Waals surface area contributed by atoms with Crippen molar-refractivity contribution in [2.45, 2.75) is 19.8 Å². The van der Waals surface area contributed by atoms with E-state index >= 15 is 0 Å². The summed E-state index contributed by atoms with van der Waals surface area (Å²) in [5.41, 5.74) is 2.58. The molecule has 0 aliphatic heterocycles. The Kier molecular flexibility index (Phi) is 5.04. The summed E-state index contributed by atoms with van der Waals surface area (Å²) in [6, 6.07) is 16.6. The number of Topliss-reactive ketones (excluding diaryl/α,β-unsaturated/α-hetero) is 1. The van der Waals surface area contributed by atoms with Gasteiger partial charge in [0, 0.05) is 41.1 Å². The van der Waals surface area contributed by atoms with Gasteiger partial charge in [0.25, 0.3) is 5.56 Å². The summed E-state index contributed by atoms with van der Waals surface area (Å²) in [5, 5.41) is 0. The summed E-state index contributed by atoms with van der Waals surface area (Å²) < 4.78 is 3.52. The molecule has 0 bridgehead atoms. The van der Waals surface area contributed by atoms with Gasteiger partial charge in [0.15, 0.2) is 5.78 Å². The number of thiophene rings is 1. The third-order valence-electron chi connectivity index (χ3n) is 4.51. The molecule has 28 heavy (non-hydrogen) atoms. The molecule has 3 aromatic heterocycles. The van der Waals surface area contributed by atoms with Crippen LogP contribution in [0.3, 0.4) is 0 Å². The fraction of sp³-hybridized carbons (Fsp3) is 0.136. The predicted molar refractivity (Wildman–Crippen MR) is 111 cm³/mol. The van der Waals surface area contributed by atoms with Gasteiger partial charge in [-0.15, -0.1) is 11.3 Å². The number of imidazole rings is 1. The molecule has 0 radical (unpaired) electrons. The van der Waals surface area contributed by atoms with Crippen LogP contribution in [0.1, 0.15) is 26.7 Å². The molecule has 0 aliphatic carbocycles. The van der Waals surface area contributed by atoms with Crippen LogP contribution in [-0.4, -0.2) is 19.9 Å². The number of aryl methyl sites for hydroxylation is 2. The number of rotatable bonds is 6. The van der Waals surface area contributed by atoms with E-state index in [-0.39, 0.29) is 11.3 Å². The van der Waals surface area contributed by atoms with Crippen LogP contribution in [0.4, 0.5) is 0 Å². The Balaban J connectivity index is 1.45. The lowest BCUT2D eigenvalue weighted by Crippen LogP contribution is -2.15. The molecule has 0 saturated heterocycles. The Morgan fingerprint density at radius 3 is 2.54 bits per heavy atom. The Morgan fingerprint density at radius 1 is 1.04 bits per heavy atom. The minimum absolute atomic E-state index is 0.0641. The minimum Gasteiger partial charge on any atom is -0.306 e. The molecule has 0 N–H and O–H groups in total. The first-order chi connectivity index (χ1) is 13.6. The number of benzene rings is 1. The highest BCUT2D eigenvalue weighted by atomic mass is 32.1. The molecule has 1 aromatic carbocycles. The van der Waals surface area contributed by atoms with Crippen LogP contribution < -0.4 is 5.56 Å². The highest BCUT2D eigenvalue weighted by molar-refractivity contribution is 7.14. The topological polar surface area (TPSA) is 56.9 Å². The lowest BCUT2D eigenvalue weighted by Gasteiger charge is -2.07. The summed E-state index contributed by atoms with van der Waals surface area (Å²) in [5.74, 6) is 0.158. The average Bonchev–Trinajstić information content (AvgIpc) is 3.36. The Hall–Kier alpha value is -3.25. The van der Waals surface area contributed by atoms with Crippen LogP contribution in [0.25, 0.3) is 11.4 Å². The van der Waals surface area contributed by atoms with Gasteiger partial charge in [0.1, 0.15) is 0 Å². The summed E-state index contributed by atoms with van der Waals surface area (Å²) >= 11 is 1.53. The minimum atomic E-state index is -0.0641. The number of ketones is 1. The van der Waals surface area contributed by atoms with Crippen LogP contribution in [0.2, 0.25) is 0 Å². The van der Waals surface area contributed by atoms with Crippen LogP contribution >= 0.6 is 11.3 Å². The van der Waals surface area contributed by atoms with Crippen molar-refractivity contribution in [1.29, 1.82) is 0 Å². The van der Waals surface area contributed by atoms with E-state index in [1.807, 2.05) is 60.2 Å². The van der Waals surface area contributed by atoms with Crippen molar-refractivity contribution in [3.05, 3.63) is 99.1 Å². The van der Waals surface area contributed by atoms with Crippen molar-refractivity contribution in [2.75, 3.05) is 0 Å². The monoisotopic (exact) mass is 389 g/mol. The van der Waals surface area contributed by atoms with E-state index in [4.69, 9.17) is 0 Å². The number of pyridine rings is 1. The van der Waals surface area contributed by atoms with Gasteiger partial charge >= 0.3 is 0 Å². The normalized spacial score (nSPS) is 10.9. The van der Waals surface area contributed by atoms with E-state index in [2.05, 4.69) is 4.98 Å². The van der Waals surface area contributed by atoms with Gasteiger partial charge in [0.05, 0.1) is 16.9 Å². The van der Waals surface area contributed by atoms with Crippen LogP contribution in [0, 0.1) is 6.92 Å². The van der Waals surface area contributed by atoms with Gasteiger partial charge in [-0.05, 0) is 55.8 Å². The second kappa shape index (κ2) is 7.78. The molecule has 0 saturated carbocycles. The van der Waals surface area contributed by atoms with Gasteiger partial charge in [-0.1, -0.05) is 6.07 Å². The molecule has 3 heterocycles. The average molecular weight is 389 g/mol. The second-order valence-electron chi connectivity index (χ2n) is 6.53. The summed E-state index contributed by atoms with van der Waals surface area (Å²) in [4.78, 5) is 30.6. The molecular weight excluding hydrogens is 370 g/mol. The first-order valence-electron chi connectivity index (χ1n) is 9.01. The lowest BCUT2D eigenvalue weighted by molar-refractivity contribution is 0.0986. The molecule has 4 aromatic rings. The van der Waals surface area contributed by atoms with Crippen molar-refractivity contribution in [2.24, 2.45) is 0 Å². The van der Waals surface area contributed by atoms with Crippen molar-refractivity contribution >= 4 is 17.1 Å². The molecule has 0 atom stereocenters. The summed E-state index contributed by atoms with van der Waals surface area (Å²) in [6.45, 7) is 2.00. The smallest absolute Gasteiger partial charge is 0.255 e. The fourth-order valence-corrected chi connectivity index (χ4v) is 3.84. The number of carbonyl (C=O) groups excluding carboxylic acids is 1. The molecule has 4 rings (SSSR count). The number of carbonyl (C=O) groups is 1. The largest absolute Gasteiger partial charge is 0.306 e. The zero-order valence-corrected chi connectivity index (χ0v) is 16.2. The molecule has 0 unspecified atom stereocenters. The lowest BCUT2D eigenvalue weighted by atomic mass is 10.1. The molecular formula is C22H19N3O2S. The zero-order chi connectivity index (χ0) is 19.5. The molecule has 6 heteroatoms. The molecule has 0 fully saturated rings. The van der Waals surface area contributed by atoms with Gasteiger partial charge in [-0.2, -0.15) is 0 Å². The molecule has 5 nitrogen and oxygen atoms in total. The summed E-state index contributed by atoms with van der Waals surface area (Å²) in [6.07, 6.45) is 6.50. The Labute approximate surface area is 166 Å². The standard InChI is InChI=1S/C22H19N3O2S/c1-16-5-12-21(28-16)20(26)11-6-17-14-24(15-23-17)18-7-9-19(10-8-18)25-13-3-2-4-22(25)27/h2-5,7-10,12-15H,6,11H2,1H3. The fourth-order valence-electron chi connectivity index (χ4n) is 3.01. The molecule has 0 amide bonds. The third-order valence-corrected chi connectivity index (χ3v) is 5.55. The van der Waals surface area contributed by atoms with Gasteiger partial charge in [0.2, 0.25) is 0 Å². The van der Waals surface area contributed by atoms with Crippen molar-refractivity contribution in [3.8, 4) is 11.4 Å². The number of aromatic nitrogens is 3. The quantitative estimate of drug-likeness (QED) is 0.464. The van der Waals surface area contributed by atoms with Crippen molar-refractivity contribution < 1.29 is 4.79 Å². The maximum atomic E-state index is 12.3. The SMILES string of the molecule is Cc1ccc(C(=O)CCc2cn(-c3ccc(-n4ccccc4=O)cc3)cn2)s1. The highest BCUT2D eigenvalue weighted by Gasteiger charge is 2.10. The van der Waals surface area contributed by atoms with Gasteiger partial charge in [-0.25, -0.2) is 4.98 Å². The van der Waals surface area contributed by atoms with Gasteiger partial charge in [-0.3, -0.25) is 14.2 Å². The number of hydrogen-bond acceptors (Lipinski definition) is 4. The van der Waals surface area contributed by atoms with E-state index < -0.39 is 0 Å². The van der Waals surface area contributed by atoms with Crippen LogP contribution in [0.5, 0.6) is 0 Å². The zero-order valence-electron chi connectivity index (χ0n) is 15.4. The Morgan fingerprint density at radius 2 is 1.82 bits per heavy atom. The van der Waals surface area contributed by atoms with E-state index in [0.29, 0.717) is 12.8 Å². The van der Waals surface area contributed by atoms with Crippen molar-refractivity contribution in [3.63, 3.8) is 0 Å². The highest BCUT2D eigenvalue weighted by Crippen LogP contribution is 2.18.